The molecule has 0 unspecified atom stereocenters. The van der Waals surface area contributed by atoms with Crippen molar-refractivity contribution >= 4 is 34.2 Å². The maximum absolute atomic E-state index is 12.0. The van der Waals surface area contributed by atoms with Gasteiger partial charge in [-0.05, 0) is 19.1 Å². The van der Waals surface area contributed by atoms with Crippen molar-refractivity contribution in [2.75, 3.05) is 13.6 Å². The van der Waals surface area contributed by atoms with E-state index in [1.54, 1.807) is 7.05 Å². The number of rotatable bonds is 1. The van der Waals surface area contributed by atoms with Crippen molar-refractivity contribution < 1.29 is 4.79 Å². The van der Waals surface area contributed by atoms with Gasteiger partial charge in [0.25, 0.3) is 5.91 Å². The average Bonchev–Trinajstić information content (AvgIpc) is 2.57. The molecule has 1 saturated heterocycles. The number of nitrogens with zero attached hydrogens (tertiary/aromatic N) is 2. The highest BCUT2D eigenvalue weighted by Crippen LogP contribution is 2.34. The van der Waals surface area contributed by atoms with E-state index in [1.165, 1.54) is 16.7 Å². The molecule has 0 aromatic rings. The monoisotopic (exact) mass is 252 g/mol. The minimum Gasteiger partial charge on any atom is -0.347 e. The molecule has 1 amide bonds. The lowest BCUT2D eigenvalue weighted by Gasteiger charge is -2.22. The molecule has 0 radical (unpaired) electrons. The van der Waals surface area contributed by atoms with Gasteiger partial charge in [0, 0.05) is 19.8 Å². The number of thiocarbonyl (C=S) groups is 1. The van der Waals surface area contributed by atoms with Crippen LogP contribution in [0.4, 0.5) is 0 Å². The normalized spacial score (nSPS) is 24.9. The third kappa shape index (κ3) is 1.81. The molecular weight excluding hydrogens is 240 g/mol. The van der Waals surface area contributed by atoms with Crippen LogP contribution < -0.4 is 0 Å². The molecular formula is C11H12N2OS2. The number of carbonyl (C=O) groups is 1. The van der Waals surface area contributed by atoms with Crippen LogP contribution >= 0.6 is 24.0 Å². The lowest BCUT2D eigenvalue weighted by molar-refractivity contribution is -0.121. The average molecular weight is 252 g/mol. The van der Waals surface area contributed by atoms with Gasteiger partial charge in [-0.2, -0.15) is 0 Å². The Labute approximate surface area is 104 Å². The van der Waals surface area contributed by atoms with E-state index in [0.29, 0.717) is 4.32 Å². The summed E-state index contributed by atoms with van der Waals surface area (Å²) in [5, 5.41) is 0. The van der Waals surface area contributed by atoms with Gasteiger partial charge in [-0.1, -0.05) is 30.1 Å². The Morgan fingerprint density at radius 2 is 2.19 bits per heavy atom. The first-order chi connectivity index (χ1) is 7.65. The van der Waals surface area contributed by atoms with Gasteiger partial charge in [0.2, 0.25) is 0 Å². The van der Waals surface area contributed by atoms with E-state index in [4.69, 9.17) is 12.2 Å². The summed E-state index contributed by atoms with van der Waals surface area (Å²) in [6.45, 7) is 2.89. The minimum absolute atomic E-state index is 0.0107. The summed E-state index contributed by atoms with van der Waals surface area (Å²) in [7, 11) is 1.71. The Morgan fingerprint density at radius 1 is 1.44 bits per heavy atom. The summed E-state index contributed by atoms with van der Waals surface area (Å²) in [4.78, 5) is 16.2. The van der Waals surface area contributed by atoms with Crippen LogP contribution in [-0.2, 0) is 4.79 Å². The zero-order valence-corrected chi connectivity index (χ0v) is 10.8. The molecule has 0 aromatic heterocycles. The number of hydrogen-bond donors (Lipinski definition) is 0. The first-order valence-electron chi connectivity index (χ1n) is 5.00. The third-order valence-corrected chi connectivity index (χ3v) is 4.04. The molecule has 5 heteroatoms. The van der Waals surface area contributed by atoms with Crippen molar-refractivity contribution in [2.45, 2.75) is 6.92 Å². The van der Waals surface area contributed by atoms with Gasteiger partial charge < -0.3 is 4.90 Å². The van der Waals surface area contributed by atoms with Crippen LogP contribution in [0.25, 0.3) is 0 Å². The van der Waals surface area contributed by atoms with Crippen LogP contribution in [-0.4, -0.2) is 33.6 Å². The summed E-state index contributed by atoms with van der Waals surface area (Å²) in [6, 6.07) is 0. The van der Waals surface area contributed by atoms with E-state index in [1.807, 2.05) is 29.3 Å². The van der Waals surface area contributed by atoms with Crippen LogP contribution in [0.2, 0.25) is 0 Å². The number of hydrogen-bond acceptors (Lipinski definition) is 4. The molecule has 0 aromatic carbocycles. The molecule has 0 saturated carbocycles. The maximum Gasteiger partial charge on any atom is 0.268 e. The fourth-order valence-corrected chi connectivity index (χ4v) is 2.80. The second-order valence-electron chi connectivity index (χ2n) is 3.43. The minimum atomic E-state index is -0.0107. The number of likely N-dealkylation sites (N-methyl/N-ethyl adjacent to an activating group) is 2. The molecule has 2 aliphatic heterocycles. The summed E-state index contributed by atoms with van der Waals surface area (Å²) in [6.07, 6.45) is 7.81. The van der Waals surface area contributed by atoms with E-state index in [9.17, 15) is 4.79 Å². The van der Waals surface area contributed by atoms with Crippen LogP contribution in [0.5, 0.6) is 0 Å². The number of thioether (sulfide) groups is 1. The second kappa shape index (κ2) is 4.43. The van der Waals surface area contributed by atoms with E-state index in [0.717, 1.165) is 17.1 Å². The van der Waals surface area contributed by atoms with Crippen LogP contribution in [0.15, 0.2) is 35.0 Å². The number of allylic oxidation sites excluding steroid dienone is 3. The van der Waals surface area contributed by atoms with Gasteiger partial charge >= 0.3 is 0 Å². The molecule has 3 nitrogen and oxygen atoms in total. The maximum atomic E-state index is 12.0. The molecule has 1 fully saturated rings. The van der Waals surface area contributed by atoms with Crippen LogP contribution in [0.3, 0.4) is 0 Å². The molecule has 2 heterocycles. The van der Waals surface area contributed by atoms with E-state index < -0.39 is 0 Å². The Morgan fingerprint density at radius 3 is 2.75 bits per heavy atom. The van der Waals surface area contributed by atoms with Crippen molar-refractivity contribution in [3.8, 4) is 0 Å². The standard InChI is InChI=1S/C11H12N2OS2/c1-3-13-7-5-4-6-8(13)9-10(14)12(2)11(15)16-9/h4-7H,3H2,1-2H3/b9-8+. The highest BCUT2D eigenvalue weighted by Gasteiger charge is 2.32. The van der Waals surface area contributed by atoms with Gasteiger partial charge in [0.1, 0.15) is 9.23 Å². The molecule has 2 aliphatic rings. The lowest BCUT2D eigenvalue weighted by Crippen LogP contribution is -2.25. The molecule has 16 heavy (non-hydrogen) atoms. The van der Waals surface area contributed by atoms with E-state index in [-0.39, 0.29) is 5.91 Å². The summed E-state index contributed by atoms with van der Waals surface area (Å²) >= 11 is 6.48. The third-order valence-electron chi connectivity index (χ3n) is 2.48. The van der Waals surface area contributed by atoms with Gasteiger partial charge in [-0.3, -0.25) is 9.69 Å². The SMILES string of the molecule is CCN1C=CC=C/C1=C1\SC(=S)N(C)C1=O. The largest absolute Gasteiger partial charge is 0.347 e. The van der Waals surface area contributed by atoms with Gasteiger partial charge in [-0.15, -0.1) is 0 Å². The summed E-state index contributed by atoms with van der Waals surface area (Å²) < 4.78 is 0.617. The quantitative estimate of drug-likeness (QED) is 0.527. The van der Waals surface area contributed by atoms with Gasteiger partial charge in [0.15, 0.2) is 0 Å². The molecule has 0 bridgehead atoms. The highest BCUT2D eigenvalue weighted by molar-refractivity contribution is 8.26. The van der Waals surface area contributed by atoms with Crippen molar-refractivity contribution in [2.24, 2.45) is 0 Å². The fraction of sp³-hybridized carbons (Fsp3) is 0.273. The Balaban J connectivity index is 2.42. The van der Waals surface area contributed by atoms with E-state index in [2.05, 4.69) is 6.92 Å². The van der Waals surface area contributed by atoms with E-state index >= 15 is 0 Å². The predicted octanol–water partition coefficient (Wildman–Crippen LogP) is 2.09. The Kier molecular flexibility index (Phi) is 3.16. The van der Waals surface area contributed by atoms with Crippen molar-refractivity contribution in [3.05, 3.63) is 35.0 Å². The van der Waals surface area contributed by atoms with Crippen molar-refractivity contribution in [1.29, 1.82) is 0 Å². The first kappa shape index (κ1) is 11.4. The summed E-state index contributed by atoms with van der Waals surface area (Å²) in [5.41, 5.74) is 0.937. The molecule has 0 spiro atoms. The van der Waals surface area contributed by atoms with Crippen LogP contribution in [0, 0.1) is 0 Å². The molecule has 0 N–H and O–H groups in total. The molecule has 84 valence electrons. The van der Waals surface area contributed by atoms with Gasteiger partial charge in [-0.25, -0.2) is 0 Å². The first-order valence-corrected chi connectivity index (χ1v) is 6.23. The molecule has 2 rings (SSSR count). The number of carbonyl (C=O) groups excluding carboxylic acids is 1. The highest BCUT2D eigenvalue weighted by atomic mass is 32.2. The molecule has 0 atom stereocenters. The number of amides is 1. The predicted molar refractivity (Wildman–Crippen MR) is 70.6 cm³/mol. The van der Waals surface area contributed by atoms with Crippen LogP contribution in [0.1, 0.15) is 6.92 Å². The van der Waals surface area contributed by atoms with Crippen molar-refractivity contribution in [1.82, 2.24) is 9.80 Å². The van der Waals surface area contributed by atoms with Gasteiger partial charge in [0.05, 0.1) is 5.70 Å². The molecule has 0 aliphatic carbocycles. The second-order valence-corrected chi connectivity index (χ2v) is 5.08. The zero-order valence-electron chi connectivity index (χ0n) is 9.14. The van der Waals surface area contributed by atoms with Crippen molar-refractivity contribution in [3.63, 3.8) is 0 Å². The fourth-order valence-electron chi connectivity index (χ4n) is 1.55. The zero-order chi connectivity index (χ0) is 11.7. The Hall–Kier alpha value is -1.07. The Bertz CT molecular complexity index is 437. The topological polar surface area (TPSA) is 23.6 Å². The smallest absolute Gasteiger partial charge is 0.268 e. The summed E-state index contributed by atoms with van der Waals surface area (Å²) in [5.74, 6) is -0.0107. The lowest BCUT2D eigenvalue weighted by atomic mass is 10.2.